The van der Waals surface area contributed by atoms with Crippen molar-refractivity contribution in [2.75, 3.05) is 26.8 Å². The standard InChI is InChI=1S/C20H24N2O5/c1-14-5-6-16(18(12-14)25-2)27-13-19(23)21-15-7-9-22(10-8-15)20(24)17-4-3-11-26-17/h3-6,11-12,15H,7-10,13H2,1-2H3,(H,21,23). The molecule has 3 rings (SSSR count). The van der Waals surface area contributed by atoms with Crippen LogP contribution in [-0.2, 0) is 4.79 Å². The smallest absolute Gasteiger partial charge is 0.289 e. The summed E-state index contributed by atoms with van der Waals surface area (Å²) in [5.41, 5.74) is 1.06. The fourth-order valence-corrected chi connectivity index (χ4v) is 3.09. The second-order valence-electron chi connectivity index (χ2n) is 6.55. The van der Waals surface area contributed by atoms with E-state index >= 15 is 0 Å². The van der Waals surface area contributed by atoms with E-state index in [0.717, 1.165) is 5.56 Å². The number of methoxy groups -OCH3 is 1. The predicted molar refractivity (Wildman–Crippen MR) is 99.0 cm³/mol. The average Bonchev–Trinajstić information content (AvgIpc) is 3.21. The highest BCUT2D eigenvalue weighted by molar-refractivity contribution is 5.91. The van der Waals surface area contributed by atoms with Gasteiger partial charge in [0.05, 0.1) is 13.4 Å². The molecule has 1 saturated heterocycles. The molecule has 2 heterocycles. The minimum Gasteiger partial charge on any atom is -0.493 e. The number of likely N-dealkylation sites (tertiary alicyclic amines) is 1. The van der Waals surface area contributed by atoms with Crippen molar-refractivity contribution in [3.63, 3.8) is 0 Å². The summed E-state index contributed by atoms with van der Waals surface area (Å²) in [6.45, 7) is 3.04. The maximum atomic E-state index is 12.2. The monoisotopic (exact) mass is 372 g/mol. The van der Waals surface area contributed by atoms with Crippen LogP contribution < -0.4 is 14.8 Å². The van der Waals surface area contributed by atoms with Crippen LogP contribution in [0, 0.1) is 6.92 Å². The van der Waals surface area contributed by atoms with E-state index in [2.05, 4.69) is 5.32 Å². The number of carbonyl (C=O) groups excluding carboxylic acids is 2. The highest BCUT2D eigenvalue weighted by Crippen LogP contribution is 2.27. The molecule has 0 radical (unpaired) electrons. The van der Waals surface area contributed by atoms with Crippen LogP contribution in [0.1, 0.15) is 29.0 Å². The Balaban J connectivity index is 1.44. The van der Waals surface area contributed by atoms with Gasteiger partial charge in [-0.3, -0.25) is 9.59 Å². The Labute approximate surface area is 158 Å². The molecule has 1 aliphatic heterocycles. The summed E-state index contributed by atoms with van der Waals surface area (Å²) in [6, 6.07) is 8.94. The lowest BCUT2D eigenvalue weighted by Crippen LogP contribution is -2.47. The van der Waals surface area contributed by atoms with Gasteiger partial charge in [0.15, 0.2) is 23.9 Å². The van der Waals surface area contributed by atoms with Crippen LogP contribution >= 0.6 is 0 Å². The zero-order valence-electron chi connectivity index (χ0n) is 15.6. The van der Waals surface area contributed by atoms with Crippen molar-refractivity contribution in [2.45, 2.75) is 25.8 Å². The summed E-state index contributed by atoms with van der Waals surface area (Å²) >= 11 is 0. The molecule has 1 aliphatic rings. The lowest BCUT2D eigenvalue weighted by atomic mass is 10.0. The largest absolute Gasteiger partial charge is 0.493 e. The Morgan fingerprint density at radius 3 is 2.67 bits per heavy atom. The highest BCUT2D eigenvalue weighted by atomic mass is 16.5. The molecule has 7 heteroatoms. The second kappa shape index (κ2) is 8.62. The van der Waals surface area contributed by atoms with Crippen molar-refractivity contribution in [2.24, 2.45) is 0 Å². The van der Waals surface area contributed by atoms with Gasteiger partial charge in [0.25, 0.3) is 11.8 Å². The minimum atomic E-state index is -0.187. The lowest BCUT2D eigenvalue weighted by molar-refractivity contribution is -0.124. The summed E-state index contributed by atoms with van der Waals surface area (Å²) in [5, 5.41) is 2.97. The number of aryl methyl sites for hydroxylation is 1. The second-order valence-corrected chi connectivity index (χ2v) is 6.55. The molecule has 1 fully saturated rings. The van der Waals surface area contributed by atoms with E-state index in [0.29, 0.717) is 43.2 Å². The van der Waals surface area contributed by atoms with E-state index in [9.17, 15) is 9.59 Å². The van der Waals surface area contributed by atoms with Gasteiger partial charge < -0.3 is 24.1 Å². The van der Waals surface area contributed by atoms with Gasteiger partial charge in [-0.15, -0.1) is 0 Å². The van der Waals surface area contributed by atoms with Crippen LogP contribution in [0.2, 0.25) is 0 Å². The van der Waals surface area contributed by atoms with Gasteiger partial charge >= 0.3 is 0 Å². The van der Waals surface area contributed by atoms with E-state index in [1.807, 2.05) is 19.1 Å². The lowest BCUT2D eigenvalue weighted by Gasteiger charge is -2.31. The number of nitrogens with zero attached hydrogens (tertiary/aromatic N) is 1. The number of ether oxygens (including phenoxy) is 2. The quantitative estimate of drug-likeness (QED) is 0.842. The zero-order valence-corrected chi connectivity index (χ0v) is 15.6. The van der Waals surface area contributed by atoms with Crippen LogP contribution in [-0.4, -0.2) is 49.6 Å². The number of hydrogen-bond donors (Lipinski definition) is 1. The summed E-state index contributed by atoms with van der Waals surface area (Å²) in [7, 11) is 1.57. The fourth-order valence-electron chi connectivity index (χ4n) is 3.09. The van der Waals surface area contributed by atoms with E-state index in [1.165, 1.54) is 6.26 Å². The van der Waals surface area contributed by atoms with Gasteiger partial charge in [-0.1, -0.05) is 6.07 Å². The number of furan rings is 1. The molecule has 144 valence electrons. The molecule has 27 heavy (non-hydrogen) atoms. The molecule has 1 aromatic carbocycles. The van der Waals surface area contributed by atoms with Gasteiger partial charge in [0.2, 0.25) is 0 Å². The molecule has 0 spiro atoms. The molecule has 1 N–H and O–H groups in total. The van der Waals surface area contributed by atoms with Gasteiger partial charge in [-0.25, -0.2) is 0 Å². The molecular weight excluding hydrogens is 348 g/mol. The summed E-state index contributed by atoms with van der Waals surface area (Å²) in [6.07, 6.45) is 2.89. The Morgan fingerprint density at radius 2 is 2.00 bits per heavy atom. The molecule has 0 bridgehead atoms. The number of carbonyl (C=O) groups is 2. The van der Waals surface area contributed by atoms with Crippen LogP contribution in [0.3, 0.4) is 0 Å². The summed E-state index contributed by atoms with van der Waals surface area (Å²) < 4.78 is 16.0. The summed E-state index contributed by atoms with van der Waals surface area (Å²) in [4.78, 5) is 26.2. The maximum Gasteiger partial charge on any atom is 0.289 e. The van der Waals surface area contributed by atoms with Crippen molar-refractivity contribution >= 4 is 11.8 Å². The zero-order chi connectivity index (χ0) is 19.2. The number of nitrogens with one attached hydrogen (secondary N) is 1. The van der Waals surface area contributed by atoms with Crippen LogP contribution in [0.25, 0.3) is 0 Å². The van der Waals surface area contributed by atoms with Crippen molar-refractivity contribution in [3.05, 3.63) is 47.9 Å². The third-order valence-corrected chi connectivity index (χ3v) is 4.56. The summed E-state index contributed by atoms with van der Waals surface area (Å²) in [5.74, 6) is 1.19. The van der Waals surface area contributed by atoms with E-state index < -0.39 is 0 Å². The fraction of sp³-hybridized carbons (Fsp3) is 0.400. The van der Waals surface area contributed by atoms with E-state index in [1.54, 1.807) is 30.2 Å². The Hall–Kier alpha value is -2.96. The number of rotatable bonds is 6. The normalized spacial score (nSPS) is 14.7. The van der Waals surface area contributed by atoms with Crippen molar-refractivity contribution in [1.82, 2.24) is 10.2 Å². The van der Waals surface area contributed by atoms with Crippen molar-refractivity contribution in [3.8, 4) is 11.5 Å². The van der Waals surface area contributed by atoms with E-state index in [-0.39, 0.29) is 24.5 Å². The molecule has 0 unspecified atom stereocenters. The number of hydrogen-bond acceptors (Lipinski definition) is 5. The molecule has 2 aromatic rings. The number of piperidine rings is 1. The van der Waals surface area contributed by atoms with Crippen LogP contribution in [0.4, 0.5) is 0 Å². The first-order valence-electron chi connectivity index (χ1n) is 8.96. The molecule has 7 nitrogen and oxygen atoms in total. The molecule has 1 aromatic heterocycles. The minimum absolute atomic E-state index is 0.0293. The van der Waals surface area contributed by atoms with Gasteiger partial charge in [-0.2, -0.15) is 0 Å². The third kappa shape index (κ3) is 4.81. The molecule has 0 aliphatic carbocycles. The first-order valence-corrected chi connectivity index (χ1v) is 8.96. The molecular formula is C20H24N2O5. The van der Waals surface area contributed by atoms with Crippen LogP contribution in [0.5, 0.6) is 11.5 Å². The van der Waals surface area contributed by atoms with Crippen LogP contribution in [0.15, 0.2) is 41.0 Å². The van der Waals surface area contributed by atoms with E-state index in [4.69, 9.17) is 13.9 Å². The third-order valence-electron chi connectivity index (χ3n) is 4.56. The average molecular weight is 372 g/mol. The maximum absolute atomic E-state index is 12.2. The SMILES string of the molecule is COc1cc(C)ccc1OCC(=O)NC1CCN(C(=O)c2ccco2)CC1. The van der Waals surface area contributed by atoms with Crippen molar-refractivity contribution in [1.29, 1.82) is 0 Å². The van der Waals surface area contributed by atoms with Gasteiger partial charge in [0.1, 0.15) is 0 Å². The number of amides is 2. The molecule has 0 saturated carbocycles. The Kier molecular flexibility index (Phi) is 6.01. The topological polar surface area (TPSA) is 81.0 Å². The van der Waals surface area contributed by atoms with Crippen molar-refractivity contribution < 1.29 is 23.5 Å². The first kappa shape index (κ1) is 18.8. The van der Waals surface area contributed by atoms with Gasteiger partial charge in [0, 0.05) is 19.1 Å². The highest BCUT2D eigenvalue weighted by Gasteiger charge is 2.25. The first-order chi connectivity index (χ1) is 13.1. The molecule has 2 amide bonds. The predicted octanol–water partition coefficient (Wildman–Crippen LogP) is 2.40. The van der Waals surface area contributed by atoms with Gasteiger partial charge in [-0.05, 0) is 49.6 Å². The number of benzene rings is 1. The Bertz CT molecular complexity index is 780. The Morgan fingerprint density at radius 1 is 1.22 bits per heavy atom. The molecule has 0 atom stereocenters.